The van der Waals surface area contributed by atoms with Crippen molar-refractivity contribution in [3.05, 3.63) is 40.6 Å². The summed E-state index contributed by atoms with van der Waals surface area (Å²) in [5.41, 5.74) is 12.2. The predicted octanol–water partition coefficient (Wildman–Crippen LogP) is 3.04. The van der Waals surface area contributed by atoms with Gasteiger partial charge in [0, 0.05) is 11.0 Å². The maximum absolute atomic E-state index is 12.2. The van der Waals surface area contributed by atoms with Gasteiger partial charge in [-0.05, 0) is 40.4 Å². The minimum Gasteiger partial charge on any atom is -0.393 e. The number of halogens is 1. The van der Waals surface area contributed by atoms with Gasteiger partial charge in [0.15, 0.2) is 11.6 Å². The van der Waals surface area contributed by atoms with Crippen molar-refractivity contribution < 1.29 is 4.79 Å². The number of amides is 1. The number of nitrogens with one attached hydrogen (secondary N) is 3. The molecule has 0 aliphatic carbocycles. The van der Waals surface area contributed by atoms with Crippen LogP contribution < -0.4 is 21.9 Å². The number of hydrazine groups is 1. The zero-order valence-electron chi connectivity index (χ0n) is 13.6. The monoisotopic (exact) mass is 392 g/mol. The van der Waals surface area contributed by atoms with Gasteiger partial charge in [-0.25, -0.2) is 9.97 Å². The van der Waals surface area contributed by atoms with E-state index in [1.54, 1.807) is 18.2 Å². The molecule has 0 spiro atoms. The molecule has 5 N–H and O–H groups in total. The second-order valence-corrected chi connectivity index (χ2v) is 6.51. The molecule has 8 heteroatoms. The van der Waals surface area contributed by atoms with Crippen LogP contribution in [0.25, 0.3) is 0 Å². The molecule has 0 saturated heterocycles. The number of hydrogen-bond donors (Lipinski definition) is 4. The Labute approximate surface area is 149 Å². The fourth-order valence-corrected chi connectivity index (χ4v) is 2.41. The highest BCUT2D eigenvalue weighted by Crippen LogP contribution is 2.22. The topological polar surface area (TPSA) is 105 Å². The Morgan fingerprint density at radius 1 is 1.25 bits per heavy atom. The van der Waals surface area contributed by atoms with Crippen molar-refractivity contribution in [2.45, 2.75) is 20.3 Å². The van der Waals surface area contributed by atoms with Crippen LogP contribution in [0.1, 0.15) is 30.6 Å². The minimum absolute atomic E-state index is 0.296. The summed E-state index contributed by atoms with van der Waals surface area (Å²) in [7, 11) is 0. The summed E-state index contributed by atoms with van der Waals surface area (Å²) in [6.07, 6.45) is 2.39. The minimum atomic E-state index is -0.296. The first-order chi connectivity index (χ1) is 11.5. The van der Waals surface area contributed by atoms with Crippen LogP contribution in [0.2, 0.25) is 0 Å². The van der Waals surface area contributed by atoms with Gasteiger partial charge in [-0.15, -0.1) is 0 Å². The number of nitrogen functional groups attached to an aromatic ring is 1. The van der Waals surface area contributed by atoms with Crippen molar-refractivity contribution >= 4 is 39.2 Å². The molecule has 1 aromatic carbocycles. The number of nitrogens with zero attached hydrogens (tertiary/aromatic N) is 2. The normalized spacial score (nSPS) is 10.5. The summed E-state index contributed by atoms with van der Waals surface area (Å²) in [4.78, 5) is 20.4. The van der Waals surface area contributed by atoms with E-state index in [2.05, 4.69) is 55.9 Å². The van der Waals surface area contributed by atoms with Gasteiger partial charge in [-0.1, -0.05) is 26.0 Å². The van der Waals surface area contributed by atoms with Gasteiger partial charge < -0.3 is 11.1 Å². The van der Waals surface area contributed by atoms with Crippen LogP contribution in [0.5, 0.6) is 0 Å². The molecule has 24 heavy (non-hydrogen) atoms. The second-order valence-electron chi connectivity index (χ2n) is 5.65. The zero-order valence-corrected chi connectivity index (χ0v) is 15.2. The lowest BCUT2D eigenvalue weighted by molar-refractivity contribution is 0.0962. The summed E-state index contributed by atoms with van der Waals surface area (Å²) in [5, 5.41) is 3.18. The van der Waals surface area contributed by atoms with Gasteiger partial charge in [0.25, 0.3) is 5.91 Å². The lowest BCUT2D eigenvalue weighted by Crippen LogP contribution is -2.30. The van der Waals surface area contributed by atoms with Crippen molar-refractivity contribution in [3.8, 4) is 0 Å². The number of nitrogens with two attached hydrogens (primary N) is 1. The van der Waals surface area contributed by atoms with Crippen molar-refractivity contribution in [3.63, 3.8) is 0 Å². The van der Waals surface area contributed by atoms with Crippen LogP contribution in [-0.2, 0) is 0 Å². The molecule has 128 valence electrons. The molecule has 0 aliphatic heterocycles. The van der Waals surface area contributed by atoms with Gasteiger partial charge in [-0.2, -0.15) is 0 Å². The first-order valence-electron chi connectivity index (χ1n) is 7.64. The van der Waals surface area contributed by atoms with E-state index in [4.69, 9.17) is 5.73 Å². The Morgan fingerprint density at radius 3 is 2.67 bits per heavy atom. The average Bonchev–Trinajstić information content (AvgIpc) is 2.55. The van der Waals surface area contributed by atoms with E-state index in [0.717, 1.165) is 13.0 Å². The number of carbonyl (C=O) groups is 1. The van der Waals surface area contributed by atoms with E-state index in [9.17, 15) is 4.79 Å². The molecule has 1 aromatic heterocycles. The maximum atomic E-state index is 12.2. The smallest absolute Gasteiger partial charge is 0.270 e. The molecule has 0 unspecified atom stereocenters. The number of rotatable bonds is 7. The molecule has 0 atom stereocenters. The van der Waals surface area contributed by atoms with E-state index in [0.29, 0.717) is 33.3 Å². The van der Waals surface area contributed by atoms with Gasteiger partial charge >= 0.3 is 0 Å². The molecule has 2 rings (SSSR count). The third-order valence-corrected chi connectivity index (χ3v) is 4.00. The Bertz CT molecular complexity index is 707. The van der Waals surface area contributed by atoms with Crippen LogP contribution >= 0.6 is 15.9 Å². The van der Waals surface area contributed by atoms with Crippen LogP contribution in [0.3, 0.4) is 0 Å². The van der Waals surface area contributed by atoms with Crippen LogP contribution in [0.15, 0.2) is 35.1 Å². The van der Waals surface area contributed by atoms with Gasteiger partial charge in [0.2, 0.25) is 0 Å². The summed E-state index contributed by atoms with van der Waals surface area (Å²) in [6.45, 7) is 5.06. The van der Waals surface area contributed by atoms with Crippen molar-refractivity contribution in [2.75, 3.05) is 23.0 Å². The summed E-state index contributed by atoms with van der Waals surface area (Å²) >= 11 is 3.34. The fourth-order valence-electron chi connectivity index (χ4n) is 1.94. The molecule has 0 aliphatic rings. The quantitative estimate of drug-likeness (QED) is 0.539. The first kappa shape index (κ1) is 18.0. The Morgan fingerprint density at radius 2 is 1.96 bits per heavy atom. The highest BCUT2D eigenvalue weighted by Gasteiger charge is 2.11. The maximum Gasteiger partial charge on any atom is 0.270 e. The van der Waals surface area contributed by atoms with Crippen LogP contribution in [-0.4, -0.2) is 22.4 Å². The van der Waals surface area contributed by atoms with Crippen LogP contribution in [0, 0.1) is 5.92 Å². The standard InChI is InChI=1S/C16H21BrN6O/c1-10(2)7-8-19-14-13(18)15(21-9-20-14)22-23-16(24)11-5-3-4-6-12(11)17/h3-6,9-10H,7-8,18H2,1-2H3,(H,23,24)(H2,19,20,21,22). The molecule has 0 radical (unpaired) electrons. The number of aromatic nitrogens is 2. The first-order valence-corrected chi connectivity index (χ1v) is 8.43. The molecule has 1 amide bonds. The van der Waals surface area contributed by atoms with Crippen molar-refractivity contribution in [2.24, 2.45) is 5.92 Å². The van der Waals surface area contributed by atoms with Crippen LogP contribution in [0.4, 0.5) is 17.3 Å². The van der Waals surface area contributed by atoms with Gasteiger partial charge in [0.05, 0.1) is 5.56 Å². The average molecular weight is 393 g/mol. The molecule has 0 bridgehead atoms. The van der Waals surface area contributed by atoms with E-state index < -0.39 is 0 Å². The van der Waals surface area contributed by atoms with E-state index in [-0.39, 0.29) is 5.91 Å². The highest BCUT2D eigenvalue weighted by molar-refractivity contribution is 9.10. The van der Waals surface area contributed by atoms with E-state index in [1.807, 2.05) is 6.07 Å². The Balaban J connectivity index is 2.00. The lowest BCUT2D eigenvalue weighted by Gasteiger charge is -2.14. The molecule has 1 heterocycles. The van der Waals surface area contributed by atoms with E-state index in [1.165, 1.54) is 6.33 Å². The summed E-state index contributed by atoms with van der Waals surface area (Å²) in [5.74, 6) is 1.18. The summed E-state index contributed by atoms with van der Waals surface area (Å²) < 4.78 is 0.705. The Hall–Kier alpha value is -2.35. The van der Waals surface area contributed by atoms with Gasteiger partial charge in [-0.3, -0.25) is 15.6 Å². The third-order valence-electron chi connectivity index (χ3n) is 3.31. The molecular formula is C16H21BrN6O. The highest BCUT2D eigenvalue weighted by atomic mass is 79.9. The fraction of sp³-hybridized carbons (Fsp3) is 0.312. The third kappa shape index (κ3) is 4.82. The van der Waals surface area contributed by atoms with Gasteiger partial charge in [0.1, 0.15) is 12.0 Å². The molecule has 0 saturated carbocycles. The van der Waals surface area contributed by atoms with Crippen molar-refractivity contribution in [1.29, 1.82) is 0 Å². The zero-order chi connectivity index (χ0) is 17.5. The molecule has 2 aromatic rings. The lowest BCUT2D eigenvalue weighted by atomic mass is 10.1. The van der Waals surface area contributed by atoms with E-state index >= 15 is 0 Å². The SMILES string of the molecule is CC(C)CCNc1ncnc(NNC(=O)c2ccccc2Br)c1N. The largest absolute Gasteiger partial charge is 0.393 e. The number of carbonyl (C=O) groups excluding carboxylic acids is 1. The predicted molar refractivity (Wildman–Crippen MR) is 99.6 cm³/mol. The molecule has 7 nitrogen and oxygen atoms in total. The second kappa shape index (κ2) is 8.49. The summed E-state index contributed by atoms with van der Waals surface area (Å²) in [6, 6.07) is 7.13. The molecular weight excluding hydrogens is 372 g/mol. The molecule has 0 fully saturated rings. The number of hydrogen-bond acceptors (Lipinski definition) is 6. The Kier molecular flexibility index (Phi) is 6.36. The van der Waals surface area contributed by atoms with Crippen molar-refractivity contribution in [1.82, 2.24) is 15.4 Å². The number of anilines is 3. The number of benzene rings is 1.